The number of aromatic nitrogens is 1. The Balaban J connectivity index is 2.22. The Morgan fingerprint density at radius 3 is 2.76 bits per heavy atom. The van der Waals surface area contributed by atoms with Gasteiger partial charge in [-0.2, -0.15) is 0 Å². The van der Waals surface area contributed by atoms with Crippen molar-refractivity contribution in [1.29, 1.82) is 0 Å². The average molecular weight is 307 g/mol. The molecule has 2 N–H and O–H groups in total. The summed E-state index contributed by atoms with van der Waals surface area (Å²) in [7, 11) is 0. The SMILES string of the molecule is CCOc1cccc(CCN)c1OCc1ccncc1Cl. The zero-order chi connectivity index (χ0) is 15.1. The second-order valence-corrected chi connectivity index (χ2v) is 4.88. The first kappa shape index (κ1) is 15.6. The number of benzene rings is 1. The molecule has 0 atom stereocenters. The molecule has 5 heteroatoms. The fourth-order valence-electron chi connectivity index (χ4n) is 2.02. The second kappa shape index (κ2) is 7.86. The van der Waals surface area contributed by atoms with Crippen molar-refractivity contribution in [2.45, 2.75) is 20.0 Å². The Kier molecular flexibility index (Phi) is 5.84. The number of nitrogens with zero attached hydrogens (tertiary/aromatic N) is 1. The Morgan fingerprint density at radius 2 is 2.05 bits per heavy atom. The van der Waals surface area contributed by atoms with E-state index in [0.29, 0.717) is 24.8 Å². The summed E-state index contributed by atoms with van der Waals surface area (Å²) in [6.07, 6.45) is 4.04. The predicted molar refractivity (Wildman–Crippen MR) is 83.9 cm³/mol. The van der Waals surface area contributed by atoms with Crippen LogP contribution in [0.2, 0.25) is 5.02 Å². The molecular weight excluding hydrogens is 288 g/mol. The summed E-state index contributed by atoms with van der Waals surface area (Å²) in [5.74, 6) is 1.46. The van der Waals surface area contributed by atoms with Gasteiger partial charge in [-0.05, 0) is 37.6 Å². The highest BCUT2D eigenvalue weighted by Gasteiger charge is 2.11. The van der Waals surface area contributed by atoms with Crippen LogP contribution in [0.3, 0.4) is 0 Å². The molecule has 0 bridgehead atoms. The van der Waals surface area contributed by atoms with Crippen molar-refractivity contribution in [3.05, 3.63) is 52.8 Å². The lowest BCUT2D eigenvalue weighted by molar-refractivity contribution is 0.266. The zero-order valence-corrected chi connectivity index (χ0v) is 12.8. The van der Waals surface area contributed by atoms with Crippen molar-refractivity contribution < 1.29 is 9.47 Å². The van der Waals surface area contributed by atoms with Crippen LogP contribution in [0.1, 0.15) is 18.1 Å². The molecule has 0 aliphatic rings. The number of hydrogen-bond acceptors (Lipinski definition) is 4. The number of pyridine rings is 1. The first-order valence-electron chi connectivity index (χ1n) is 6.92. The van der Waals surface area contributed by atoms with Crippen LogP contribution in [0.25, 0.3) is 0 Å². The molecule has 0 radical (unpaired) electrons. The Hall–Kier alpha value is -1.78. The fraction of sp³-hybridized carbons (Fsp3) is 0.312. The highest BCUT2D eigenvalue weighted by Crippen LogP contribution is 2.32. The summed E-state index contributed by atoms with van der Waals surface area (Å²) in [6.45, 7) is 3.45. The number of ether oxygens (including phenoxy) is 2. The van der Waals surface area contributed by atoms with E-state index in [4.69, 9.17) is 26.8 Å². The maximum absolute atomic E-state index is 6.10. The van der Waals surface area contributed by atoms with Crippen molar-refractivity contribution in [3.63, 3.8) is 0 Å². The van der Waals surface area contributed by atoms with E-state index in [1.54, 1.807) is 12.4 Å². The van der Waals surface area contributed by atoms with Crippen LogP contribution in [0.4, 0.5) is 0 Å². The van der Waals surface area contributed by atoms with E-state index >= 15 is 0 Å². The molecule has 2 rings (SSSR count). The molecule has 4 nitrogen and oxygen atoms in total. The molecular formula is C16H19ClN2O2. The van der Waals surface area contributed by atoms with E-state index in [0.717, 1.165) is 29.0 Å². The summed E-state index contributed by atoms with van der Waals surface area (Å²) < 4.78 is 11.6. The van der Waals surface area contributed by atoms with E-state index < -0.39 is 0 Å². The second-order valence-electron chi connectivity index (χ2n) is 4.47. The zero-order valence-electron chi connectivity index (χ0n) is 12.0. The summed E-state index contributed by atoms with van der Waals surface area (Å²) in [5.41, 5.74) is 7.58. The molecule has 0 amide bonds. The first-order valence-corrected chi connectivity index (χ1v) is 7.30. The molecule has 0 aliphatic heterocycles. The van der Waals surface area contributed by atoms with Gasteiger partial charge in [0.25, 0.3) is 0 Å². The quantitative estimate of drug-likeness (QED) is 0.853. The van der Waals surface area contributed by atoms with E-state index in [1.165, 1.54) is 0 Å². The summed E-state index contributed by atoms with van der Waals surface area (Å²) >= 11 is 6.10. The van der Waals surface area contributed by atoms with Crippen LogP contribution < -0.4 is 15.2 Å². The third kappa shape index (κ3) is 4.09. The minimum atomic E-state index is 0.364. The summed E-state index contributed by atoms with van der Waals surface area (Å²) in [6, 6.07) is 7.68. The molecule has 0 aliphatic carbocycles. The van der Waals surface area contributed by atoms with Crippen molar-refractivity contribution in [2.75, 3.05) is 13.2 Å². The van der Waals surface area contributed by atoms with Crippen LogP contribution in [0, 0.1) is 0 Å². The van der Waals surface area contributed by atoms with E-state index in [-0.39, 0.29) is 0 Å². The normalized spacial score (nSPS) is 10.4. The topological polar surface area (TPSA) is 57.4 Å². The minimum absolute atomic E-state index is 0.364. The molecule has 0 spiro atoms. The number of para-hydroxylation sites is 1. The van der Waals surface area contributed by atoms with Crippen LogP contribution >= 0.6 is 11.6 Å². The van der Waals surface area contributed by atoms with E-state index in [2.05, 4.69) is 4.98 Å². The van der Waals surface area contributed by atoms with E-state index in [1.807, 2.05) is 31.2 Å². The number of hydrogen-bond donors (Lipinski definition) is 1. The van der Waals surface area contributed by atoms with Gasteiger partial charge in [0, 0.05) is 18.0 Å². The lowest BCUT2D eigenvalue weighted by Crippen LogP contribution is -2.07. The van der Waals surface area contributed by atoms with Crippen LogP contribution in [0.15, 0.2) is 36.7 Å². The molecule has 1 aromatic carbocycles. The monoisotopic (exact) mass is 306 g/mol. The summed E-state index contributed by atoms with van der Waals surface area (Å²) in [4.78, 5) is 3.97. The number of nitrogens with two attached hydrogens (primary N) is 1. The number of halogens is 1. The molecule has 0 fully saturated rings. The van der Waals surface area contributed by atoms with E-state index in [9.17, 15) is 0 Å². The summed E-state index contributed by atoms with van der Waals surface area (Å²) in [5, 5.41) is 0.590. The van der Waals surface area contributed by atoms with Crippen LogP contribution in [-0.4, -0.2) is 18.1 Å². The minimum Gasteiger partial charge on any atom is -0.490 e. The molecule has 112 valence electrons. The van der Waals surface area contributed by atoms with Gasteiger partial charge in [-0.3, -0.25) is 4.98 Å². The lowest BCUT2D eigenvalue weighted by atomic mass is 10.1. The van der Waals surface area contributed by atoms with Gasteiger partial charge in [-0.25, -0.2) is 0 Å². The predicted octanol–water partition coefficient (Wildman–Crippen LogP) is 3.21. The van der Waals surface area contributed by atoms with Crippen molar-refractivity contribution in [1.82, 2.24) is 4.98 Å². The average Bonchev–Trinajstić information content (AvgIpc) is 2.49. The Labute approximate surface area is 129 Å². The molecule has 2 aromatic rings. The van der Waals surface area contributed by atoms with Gasteiger partial charge in [0.2, 0.25) is 0 Å². The van der Waals surface area contributed by atoms with Crippen molar-refractivity contribution in [2.24, 2.45) is 5.73 Å². The van der Waals surface area contributed by atoms with Gasteiger partial charge < -0.3 is 15.2 Å². The standard InChI is InChI=1S/C16H19ClN2O2/c1-2-20-15-5-3-4-12(6-8-18)16(15)21-11-13-7-9-19-10-14(13)17/h3-5,7,9-10H,2,6,8,11,18H2,1H3. The molecule has 0 saturated carbocycles. The van der Waals surface area contributed by atoms with Crippen LogP contribution in [0.5, 0.6) is 11.5 Å². The van der Waals surface area contributed by atoms with Gasteiger partial charge in [-0.15, -0.1) is 0 Å². The third-order valence-corrected chi connectivity index (χ3v) is 3.34. The smallest absolute Gasteiger partial charge is 0.164 e. The largest absolute Gasteiger partial charge is 0.490 e. The van der Waals surface area contributed by atoms with Crippen molar-refractivity contribution >= 4 is 11.6 Å². The highest BCUT2D eigenvalue weighted by atomic mass is 35.5. The molecule has 0 saturated heterocycles. The van der Waals surface area contributed by atoms with Gasteiger partial charge in [0.15, 0.2) is 11.5 Å². The van der Waals surface area contributed by atoms with Gasteiger partial charge >= 0.3 is 0 Å². The van der Waals surface area contributed by atoms with Gasteiger partial charge in [-0.1, -0.05) is 23.7 Å². The van der Waals surface area contributed by atoms with Gasteiger partial charge in [0.1, 0.15) is 6.61 Å². The number of rotatable bonds is 7. The van der Waals surface area contributed by atoms with Crippen LogP contribution in [-0.2, 0) is 13.0 Å². The maximum atomic E-state index is 6.10. The molecule has 21 heavy (non-hydrogen) atoms. The first-order chi connectivity index (χ1) is 10.3. The van der Waals surface area contributed by atoms with Crippen molar-refractivity contribution in [3.8, 4) is 11.5 Å². The molecule has 0 unspecified atom stereocenters. The molecule has 1 aromatic heterocycles. The molecule has 1 heterocycles. The lowest BCUT2D eigenvalue weighted by Gasteiger charge is -2.16. The Bertz CT molecular complexity index is 566. The highest BCUT2D eigenvalue weighted by molar-refractivity contribution is 6.31. The fourth-order valence-corrected chi connectivity index (χ4v) is 2.19. The maximum Gasteiger partial charge on any atom is 0.164 e. The third-order valence-electron chi connectivity index (χ3n) is 3.00. The Morgan fingerprint density at radius 1 is 1.19 bits per heavy atom. The van der Waals surface area contributed by atoms with Gasteiger partial charge in [0.05, 0.1) is 11.6 Å².